The van der Waals surface area contributed by atoms with Gasteiger partial charge in [0.2, 0.25) is 0 Å². The molecule has 2 aromatic rings. The van der Waals surface area contributed by atoms with Gasteiger partial charge in [0.25, 0.3) is 0 Å². The highest BCUT2D eigenvalue weighted by atomic mass is 35.5. The van der Waals surface area contributed by atoms with Gasteiger partial charge in [0, 0.05) is 10.6 Å². The van der Waals surface area contributed by atoms with Crippen molar-refractivity contribution >= 4 is 17.4 Å². The van der Waals surface area contributed by atoms with Crippen LogP contribution in [0.25, 0.3) is 11.3 Å². The van der Waals surface area contributed by atoms with Crippen LogP contribution in [0, 0.1) is 18.2 Å². The number of imidazole rings is 1. The third-order valence-corrected chi connectivity index (χ3v) is 2.56. The van der Waals surface area contributed by atoms with E-state index >= 15 is 0 Å². The Morgan fingerprint density at radius 3 is 3.00 bits per heavy atom. The van der Waals surface area contributed by atoms with E-state index in [0.717, 1.165) is 0 Å². The van der Waals surface area contributed by atoms with Crippen molar-refractivity contribution in [3.8, 4) is 23.6 Å². The van der Waals surface area contributed by atoms with Gasteiger partial charge in [0.05, 0.1) is 12.9 Å². The van der Waals surface area contributed by atoms with Gasteiger partial charge < -0.3 is 10.3 Å². The molecule has 0 fully saturated rings. The zero-order valence-corrected chi connectivity index (χ0v) is 9.58. The van der Waals surface area contributed by atoms with Crippen LogP contribution in [-0.4, -0.2) is 9.55 Å². The Balaban J connectivity index is 2.54. The number of rotatable bonds is 2. The van der Waals surface area contributed by atoms with Gasteiger partial charge in [0.1, 0.15) is 17.3 Å². The van der Waals surface area contributed by atoms with Crippen molar-refractivity contribution in [1.29, 1.82) is 0 Å². The van der Waals surface area contributed by atoms with Gasteiger partial charge in [-0.1, -0.05) is 17.5 Å². The molecule has 0 saturated carbocycles. The number of terminal acetylenes is 1. The lowest BCUT2D eigenvalue weighted by Crippen LogP contribution is -2.01. The second kappa shape index (κ2) is 4.48. The second-order valence-corrected chi connectivity index (χ2v) is 3.87. The number of halogens is 2. The number of hydrogen-bond acceptors (Lipinski definition) is 2. The Labute approximate surface area is 103 Å². The van der Waals surface area contributed by atoms with Crippen LogP contribution in [-0.2, 0) is 6.54 Å². The molecule has 1 aromatic carbocycles. The van der Waals surface area contributed by atoms with Crippen molar-refractivity contribution < 1.29 is 4.39 Å². The third-order valence-electron chi connectivity index (χ3n) is 2.32. The van der Waals surface area contributed by atoms with Gasteiger partial charge in [-0.15, -0.1) is 6.42 Å². The Morgan fingerprint density at radius 2 is 2.29 bits per heavy atom. The third kappa shape index (κ3) is 2.10. The molecule has 5 heteroatoms. The zero-order valence-electron chi connectivity index (χ0n) is 8.82. The largest absolute Gasteiger partial charge is 0.383 e. The molecule has 0 saturated heterocycles. The molecule has 0 radical (unpaired) electrons. The summed E-state index contributed by atoms with van der Waals surface area (Å²) in [5.74, 6) is 2.34. The van der Waals surface area contributed by atoms with E-state index in [0.29, 0.717) is 23.1 Å². The average Bonchev–Trinajstić information content (AvgIpc) is 2.65. The number of hydrogen-bond donors (Lipinski definition) is 1. The van der Waals surface area contributed by atoms with Crippen molar-refractivity contribution in [2.24, 2.45) is 0 Å². The number of nitrogens with two attached hydrogens (primary N) is 1. The van der Waals surface area contributed by atoms with Gasteiger partial charge >= 0.3 is 0 Å². The van der Waals surface area contributed by atoms with Crippen LogP contribution in [0.4, 0.5) is 10.2 Å². The monoisotopic (exact) mass is 249 g/mol. The van der Waals surface area contributed by atoms with E-state index < -0.39 is 5.82 Å². The first-order valence-corrected chi connectivity index (χ1v) is 5.20. The van der Waals surface area contributed by atoms with Gasteiger partial charge in [-0.25, -0.2) is 9.37 Å². The van der Waals surface area contributed by atoms with Crippen LogP contribution in [0.2, 0.25) is 5.02 Å². The van der Waals surface area contributed by atoms with Crippen molar-refractivity contribution in [2.75, 3.05) is 5.73 Å². The second-order valence-electron chi connectivity index (χ2n) is 3.43. The summed E-state index contributed by atoms with van der Waals surface area (Å²) in [6.45, 7) is 0.293. The highest BCUT2D eigenvalue weighted by Gasteiger charge is 2.13. The molecule has 0 unspecified atom stereocenters. The van der Waals surface area contributed by atoms with E-state index in [4.69, 9.17) is 23.8 Å². The molecule has 0 aliphatic carbocycles. The average molecular weight is 250 g/mol. The number of anilines is 1. The summed E-state index contributed by atoms with van der Waals surface area (Å²) in [7, 11) is 0. The quantitative estimate of drug-likeness (QED) is 0.832. The molecule has 1 heterocycles. The van der Waals surface area contributed by atoms with Crippen LogP contribution in [0.1, 0.15) is 0 Å². The Morgan fingerprint density at radius 1 is 1.53 bits per heavy atom. The fourth-order valence-corrected chi connectivity index (χ4v) is 1.67. The summed E-state index contributed by atoms with van der Waals surface area (Å²) in [5, 5.41) is 0.423. The highest BCUT2D eigenvalue weighted by molar-refractivity contribution is 6.30. The van der Waals surface area contributed by atoms with E-state index in [1.165, 1.54) is 24.5 Å². The molecule has 2 rings (SSSR count). The first kappa shape index (κ1) is 11.5. The van der Waals surface area contributed by atoms with Crippen molar-refractivity contribution in [1.82, 2.24) is 9.55 Å². The standard InChI is InChI=1S/C12H9ClFN3/c1-2-5-17-7-16-11(12(17)15)9-6-8(13)3-4-10(9)14/h1,3-4,6-7H,5,15H2. The summed E-state index contributed by atoms with van der Waals surface area (Å²) < 4.78 is 15.2. The normalized spacial score (nSPS) is 10.2. The number of nitrogen functional groups attached to an aromatic ring is 1. The fraction of sp³-hybridized carbons (Fsp3) is 0.0833. The first-order chi connectivity index (χ1) is 8.13. The maximum atomic E-state index is 13.6. The lowest BCUT2D eigenvalue weighted by atomic mass is 10.1. The Kier molecular flexibility index (Phi) is 3.03. The number of aromatic nitrogens is 2. The van der Waals surface area contributed by atoms with Crippen LogP contribution in [0.3, 0.4) is 0 Å². The SMILES string of the molecule is C#CCn1cnc(-c2cc(Cl)ccc2F)c1N. The molecule has 0 atom stereocenters. The topological polar surface area (TPSA) is 43.8 Å². The maximum Gasteiger partial charge on any atom is 0.132 e. The zero-order chi connectivity index (χ0) is 12.4. The number of benzene rings is 1. The summed E-state index contributed by atoms with van der Waals surface area (Å²) in [4.78, 5) is 4.05. The van der Waals surface area contributed by atoms with Crippen LogP contribution >= 0.6 is 11.6 Å². The molecule has 0 spiro atoms. The molecule has 1 aromatic heterocycles. The molecular weight excluding hydrogens is 241 g/mol. The minimum atomic E-state index is -0.424. The van der Waals surface area contributed by atoms with Crippen molar-refractivity contribution in [2.45, 2.75) is 6.54 Å². The van der Waals surface area contributed by atoms with Gasteiger partial charge in [-0.3, -0.25) is 0 Å². The van der Waals surface area contributed by atoms with Crippen molar-refractivity contribution in [3.05, 3.63) is 35.4 Å². The molecule has 3 nitrogen and oxygen atoms in total. The minimum absolute atomic E-state index is 0.269. The summed E-state index contributed by atoms with van der Waals surface area (Å²) in [6.07, 6.45) is 6.66. The molecule has 0 bridgehead atoms. The molecule has 0 aliphatic heterocycles. The smallest absolute Gasteiger partial charge is 0.132 e. The molecule has 2 N–H and O–H groups in total. The van der Waals surface area contributed by atoms with E-state index in [2.05, 4.69) is 10.9 Å². The molecule has 0 aliphatic rings. The Hall–Kier alpha value is -1.99. The lowest BCUT2D eigenvalue weighted by molar-refractivity contribution is 0.631. The fourth-order valence-electron chi connectivity index (χ4n) is 1.50. The minimum Gasteiger partial charge on any atom is -0.383 e. The Bertz CT molecular complexity index is 598. The van der Waals surface area contributed by atoms with Gasteiger partial charge in [-0.05, 0) is 18.2 Å². The predicted molar refractivity (Wildman–Crippen MR) is 65.9 cm³/mol. The molecule has 17 heavy (non-hydrogen) atoms. The van der Waals surface area contributed by atoms with Crippen LogP contribution in [0.15, 0.2) is 24.5 Å². The molecule has 86 valence electrons. The summed E-state index contributed by atoms with van der Waals surface area (Å²) in [5.41, 5.74) is 6.45. The van der Waals surface area contributed by atoms with Crippen LogP contribution < -0.4 is 5.73 Å². The van der Waals surface area contributed by atoms with E-state index in [-0.39, 0.29) is 5.56 Å². The molecule has 0 amide bonds. The van der Waals surface area contributed by atoms with Crippen molar-refractivity contribution in [3.63, 3.8) is 0 Å². The predicted octanol–water partition coefficient (Wildman–Crippen LogP) is 2.56. The lowest BCUT2D eigenvalue weighted by Gasteiger charge is -2.03. The van der Waals surface area contributed by atoms with Gasteiger partial charge in [-0.2, -0.15) is 0 Å². The van der Waals surface area contributed by atoms with Gasteiger partial charge in [0.15, 0.2) is 0 Å². The highest BCUT2D eigenvalue weighted by Crippen LogP contribution is 2.28. The van der Waals surface area contributed by atoms with E-state index in [9.17, 15) is 4.39 Å². The van der Waals surface area contributed by atoms with Crippen LogP contribution in [0.5, 0.6) is 0 Å². The summed E-state index contributed by atoms with van der Waals surface area (Å²) >= 11 is 5.81. The van der Waals surface area contributed by atoms with E-state index in [1.54, 1.807) is 4.57 Å². The number of nitrogens with zero attached hydrogens (tertiary/aromatic N) is 2. The maximum absolute atomic E-state index is 13.6. The van der Waals surface area contributed by atoms with E-state index in [1.807, 2.05) is 0 Å². The first-order valence-electron chi connectivity index (χ1n) is 4.83. The summed E-state index contributed by atoms with van der Waals surface area (Å²) in [6, 6.07) is 4.22. The molecular formula is C12H9ClFN3.